The standard InChI is InChI=1S/C26H33F6N3O/c1-33(2)24(19-6-4-3-5-7-19)14-12-23(13-15-24)18-34(16-21(8-9-21)25(27,28)29)20(36)35(23)17-22(10-11-22)26(30,31)32/h3-7H,8-18H2,1-2H3/t23-,24+. The summed E-state index contributed by atoms with van der Waals surface area (Å²) in [6.45, 7) is -0.884. The van der Waals surface area contributed by atoms with E-state index in [4.69, 9.17) is 0 Å². The number of rotatable bonds is 6. The third kappa shape index (κ3) is 3.89. The van der Waals surface area contributed by atoms with Crippen molar-refractivity contribution in [2.45, 2.75) is 74.8 Å². The second kappa shape index (κ2) is 8.01. The first-order valence-electron chi connectivity index (χ1n) is 12.6. The maximum Gasteiger partial charge on any atom is 0.396 e. The quantitative estimate of drug-likeness (QED) is 0.422. The highest BCUT2D eigenvalue weighted by Gasteiger charge is 2.69. The molecule has 3 saturated carbocycles. The van der Waals surface area contributed by atoms with E-state index in [9.17, 15) is 31.1 Å². The molecule has 1 heterocycles. The van der Waals surface area contributed by atoms with Gasteiger partial charge in [-0.3, -0.25) is 4.90 Å². The van der Waals surface area contributed by atoms with E-state index < -0.39 is 47.8 Å². The number of benzene rings is 1. The molecule has 4 nitrogen and oxygen atoms in total. The zero-order valence-corrected chi connectivity index (χ0v) is 20.7. The first-order chi connectivity index (χ1) is 16.7. The summed E-state index contributed by atoms with van der Waals surface area (Å²) in [7, 11) is 3.94. The fourth-order valence-corrected chi connectivity index (χ4v) is 6.57. The molecule has 0 bridgehead atoms. The maximum absolute atomic E-state index is 13.9. The number of alkyl halides is 6. The van der Waals surface area contributed by atoms with Crippen LogP contribution >= 0.6 is 0 Å². The second-order valence-electron chi connectivity index (χ2n) is 11.8. The molecular formula is C26H33F6N3O. The molecule has 3 aliphatic carbocycles. The van der Waals surface area contributed by atoms with Gasteiger partial charge in [-0.2, -0.15) is 26.3 Å². The third-order valence-electron chi connectivity index (χ3n) is 9.60. The van der Waals surface area contributed by atoms with Crippen molar-refractivity contribution in [3.63, 3.8) is 0 Å². The molecule has 1 aliphatic heterocycles. The summed E-state index contributed by atoms with van der Waals surface area (Å²) in [5, 5.41) is 0. The Kier molecular flexibility index (Phi) is 5.71. The number of urea groups is 1. The summed E-state index contributed by atoms with van der Waals surface area (Å²) < 4.78 is 82.9. The zero-order chi connectivity index (χ0) is 26.2. The molecule has 0 aromatic heterocycles. The average Bonchev–Trinajstić information content (AvgIpc) is 3.71. The van der Waals surface area contributed by atoms with Crippen LogP contribution in [0.25, 0.3) is 0 Å². The highest BCUT2D eigenvalue weighted by Crippen LogP contribution is 2.61. The van der Waals surface area contributed by atoms with Crippen LogP contribution in [-0.2, 0) is 5.54 Å². The molecule has 36 heavy (non-hydrogen) atoms. The number of carbonyl (C=O) groups is 1. The van der Waals surface area contributed by atoms with Gasteiger partial charge in [-0.15, -0.1) is 0 Å². The fraction of sp³-hybridized carbons (Fsp3) is 0.731. The van der Waals surface area contributed by atoms with Gasteiger partial charge in [0.2, 0.25) is 0 Å². The Balaban J connectivity index is 1.45. The van der Waals surface area contributed by atoms with Crippen LogP contribution in [-0.4, -0.2) is 72.4 Å². The molecule has 4 aliphatic rings. The number of hydrogen-bond acceptors (Lipinski definition) is 2. The van der Waals surface area contributed by atoms with Gasteiger partial charge in [0.05, 0.1) is 16.4 Å². The van der Waals surface area contributed by atoms with Gasteiger partial charge in [0.15, 0.2) is 0 Å². The lowest BCUT2D eigenvalue weighted by molar-refractivity contribution is -0.192. The van der Waals surface area contributed by atoms with Crippen molar-refractivity contribution in [2.75, 3.05) is 33.7 Å². The van der Waals surface area contributed by atoms with Crippen LogP contribution in [0.4, 0.5) is 31.1 Å². The zero-order valence-electron chi connectivity index (χ0n) is 20.7. The summed E-state index contributed by atoms with van der Waals surface area (Å²) in [6.07, 6.45) is -6.98. The predicted octanol–water partition coefficient (Wildman–Crippen LogP) is 6.18. The van der Waals surface area contributed by atoms with Gasteiger partial charge < -0.3 is 9.80 Å². The molecule has 1 aromatic carbocycles. The molecule has 0 radical (unpaired) electrons. The van der Waals surface area contributed by atoms with E-state index in [1.54, 1.807) is 0 Å². The van der Waals surface area contributed by atoms with Crippen molar-refractivity contribution >= 4 is 6.03 Å². The monoisotopic (exact) mass is 517 g/mol. The Morgan fingerprint density at radius 2 is 1.28 bits per heavy atom. The smallest absolute Gasteiger partial charge is 0.321 e. The van der Waals surface area contributed by atoms with Gasteiger partial charge in [-0.1, -0.05) is 30.3 Å². The van der Waals surface area contributed by atoms with Crippen LogP contribution in [0.3, 0.4) is 0 Å². The van der Waals surface area contributed by atoms with Gasteiger partial charge in [0.1, 0.15) is 0 Å². The van der Waals surface area contributed by atoms with Crippen molar-refractivity contribution in [3.05, 3.63) is 35.9 Å². The number of amides is 2. The van der Waals surface area contributed by atoms with Crippen molar-refractivity contribution in [1.82, 2.24) is 14.7 Å². The average molecular weight is 518 g/mol. The number of carbonyl (C=O) groups excluding carboxylic acids is 1. The molecule has 0 unspecified atom stereocenters. The topological polar surface area (TPSA) is 26.8 Å². The summed E-state index contributed by atoms with van der Waals surface area (Å²) in [4.78, 5) is 18.2. The molecule has 4 fully saturated rings. The normalized spacial score (nSPS) is 31.4. The largest absolute Gasteiger partial charge is 0.396 e. The highest BCUT2D eigenvalue weighted by atomic mass is 19.4. The molecule has 5 rings (SSSR count). The summed E-state index contributed by atoms with van der Waals surface area (Å²) in [6, 6.07) is 9.22. The van der Waals surface area contributed by atoms with Crippen LogP contribution in [0.1, 0.15) is 56.9 Å². The molecule has 1 aromatic rings. The third-order valence-corrected chi connectivity index (χ3v) is 9.60. The fourth-order valence-electron chi connectivity index (χ4n) is 6.57. The predicted molar refractivity (Wildman–Crippen MR) is 122 cm³/mol. The van der Waals surface area contributed by atoms with Crippen molar-refractivity contribution in [3.8, 4) is 0 Å². The van der Waals surface area contributed by atoms with Crippen LogP contribution in [0.5, 0.6) is 0 Å². The number of halogens is 6. The van der Waals surface area contributed by atoms with E-state index in [1.807, 2.05) is 44.4 Å². The van der Waals surface area contributed by atoms with Crippen molar-refractivity contribution in [1.29, 1.82) is 0 Å². The number of nitrogens with zero attached hydrogens (tertiary/aromatic N) is 3. The van der Waals surface area contributed by atoms with E-state index in [1.165, 1.54) is 9.80 Å². The van der Waals surface area contributed by atoms with E-state index in [-0.39, 0.29) is 37.8 Å². The Morgan fingerprint density at radius 3 is 1.72 bits per heavy atom. The van der Waals surface area contributed by atoms with Crippen LogP contribution in [0.15, 0.2) is 30.3 Å². The Morgan fingerprint density at radius 1 is 0.778 bits per heavy atom. The number of hydrogen-bond donors (Lipinski definition) is 0. The maximum atomic E-state index is 13.9. The molecule has 1 spiro atoms. The van der Waals surface area contributed by atoms with Gasteiger partial charge in [-0.25, -0.2) is 4.79 Å². The van der Waals surface area contributed by atoms with Gasteiger partial charge in [0, 0.05) is 25.2 Å². The summed E-state index contributed by atoms with van der Waals surface area (Å²) in [5.74, 6) is 0. The minimum absolute atomic E-state index is 0.0441. The lowest BCUT2D eigenvalue weighted by atomic mass is 9.68. The van der Waals surface area contributed by atoms with Crippen LogP contribution < -0.4 is 0 Å². The lowest BCUT2D eigenvalue weighted by Crippen LogP contribution is -2.57. The lowest BCUT2D eigenvalue weighted by Gasteiger charge is -2.51. The molecular weight excluding hydrogens is 484 g/mol. The minimum Gasteiger partial charge on any atom is -0.321 e. The van der Waals surface area contributed by atoms with Gasteiger partial charge >= 0.3 is 18.4 Å². The molecule has 2 amide bonds. The van der Waals surface area contributed by atoms with Gasteiger partial charge in [0.25, 0.3) is 0 Å². The molecule has 1 saturated heterocycles. The molecule has 200 valence electrons. The minimum atomic E-state index is -4.45. The van der Waals surface area contributed by atoms with E-state index >= 15 is 0 Å². The van der Waals surface area contributed by atoms with Gasteiger partial charge in [-0.05, 0) is 71.0 Å². The molecule has 0 N–H and O–H groups in total. The van der Waals surface area contributed by atoms with Crippen molar-refractivity contribution < 1.29 is 31.1 Å². The molecule has 0 atom stereocenters. The Hall–Kier alpha value is -1.97. The van der Waals surface area contributed by atoms with Crippen LogP contribution in [0.2, 0.25) is 0 Å². The summed E-state index contributed by atoms with van der Waals surface area (Å²) in [5.41, 5.74) is -4.01. The van der Waals surface area contributed by atoms with E-state index in [0.717, 1.165) is 5.56 Å². The Bertz CT molecular complexity index is 989. The first kappa shape index (κ1) is 25.7. The molecule has 10 heteroatoms. The summed E-state index contributed by atoms with van der Waals surface area (Å²) >= 11 is 0. The van der Waals surface area contributed by atoms with E-state index in [2.05, 4.69) is 4.90 Å². The highest BCUT2D eigenvalue weighted by molar-refractivity contribution is 5.78. The second-order valence-corrected chi connectivity index (χ2v) is 11.8. The Labute approximate surface area is 207 Å². The van der Waals surface area contributed by atoms with E-state index in [0.29, 0.717) is 25.7 Å². The first-order valence-corrected chi connectivity index (χ1v) is 12.6. The SMILES string of the molecule is CN(C)[C@]1(c2ccccc2)CC[C@]2(CC1)CN(CC1(C(F)(F)F)CC1)C(=O)N2CC1(C(F)(F)F)CC1. The van der Waals surface area contributed by atoms with Crippen molar-refractivity contribution in [2.24, 2.45) is 10.8 Å². The van der Waals surface area contributed by atoms with Crippen LogP contribution in [0, 0.1) is 10.8 Å².